The fraction of sp³-hybridized carbons (Fsp3) is 0.300. The highest BCUT2D eigenvalue weighted by Crippen LogP contribution is 2.21. The average molecular weight is 191 g/mol. The lowest BCUT2D eigenvalue weighted by Gasteiger charge is -2.04. The first-order valence-corrected chi connectivity index (χ1v) is 5.17. The molecule has 0 spiro atoms. The molecule has 0 saturated carbocycles. The lowest BCUT2D eigenvalue weighted by molar-refractivity contribution is 0.976. The van der Waals surface area contributed by atoms with Crippen LogP contribution in [0.5, 0.6) is 0 Å². The molecule has 1 aliphatic rings. The number of amidine groups is 1. The molecule has 1 heterocycles. The minimum absolute atomic E-state index is 0.607. The van der Waals surface area contributed by atoms with Gasteiger partial charge in [-0.25, -0.2) is 0 Å². The zero-order valence-corrected chi connectivity index (χ0v) is 8.27. The summed E-state index contributed by atoms with van der Waals surface area (Å²) in [7, 11) is 0. The van der Waals surface area contributed by atoms with Gasteiger partial charge in [0.15, 0.2) is 5.17 Å². The van der Waals surface area contributed by atoms with E-state index >= 15 is 0 Å². The molecule has 2 rings (SSSR count). The van der Waals surface area contributed by atoms with Crippen LogP contribution in [0.4, 0.5) is 5.69 Å². The topological polar surface area (TPSA) is 24.4 Å². The van der Waals surface area contributed by atoms with Gasteiger partial charge in [0.1, 0.15) is 0 Å². The number of nitrogens with zero attached hydrogens (tertiary/aromatic N) is 1. The maximum Gasteiger partial charge on any atom is 0.161 e. The summed E-state index contributed by atoms with van der Waals surface area (Å²) in [5, 5.41) is 4.88. The molecule has 1 atom stereocenters. The molecule has 0 aromatic heterocycles. The van der Waals surface area contributed by atoms with Crippen LogP contribution >= 0.6 is 11.8 Å². The van der Waals surface area contributed by atoms with Gasteiger partial charge in [0, 0.05) is 10.9 Å². The molecule has 1 unspecified atom stereocenters. The first kappa shape index (κ1) is 8.63. The molecule has 0 amide bonds. The molecule has 1 N–H and O–H groups in total. The van der Waals surface area contributed by atoms with Crippen molar-refractivity contribution < 1.29 is 0 Å². The van der Waals surface area contributed by atoms with Crippen molar-refractivity contribution in [3.05, 3.63) is 30.3 Å². The molecule has 3 heteroatoms. The lowest BCUT2D eigenvalue weighted by Crippen LogP contribution is -2.05. The minimum Gasteiger partial charge on any atom is -0.335 e. The monoisotopic (exact) mass is 191 g/mol. The van der Waals surface area contributed by atoms with E-state index in [1.165, 1.54) is 0 Å². The van der Waals surface area contributed by atoms with Crippen molar-refractivity contribution in [3.63, 3.8) is 0 Å². The van der Waals surface area contributed by atoms with Crippen molar-refractivity contribution in [2.45, 2.75) is 12.2 Å². The highest BCUT2D eigenvalue weighted by atomic mass is 32.2. The normalized spacial score (nSPS) is 21.3. The molecule has 67 valence electrons. The van der Waals surface area contributed by atoms with Gasteiger partial charge in [-0.15, -0.1) is 0 Å². The van der Waals surface area contributed by atoms with Gasteiger partial charge >= 0.3 is 0 Å². The Morgan fingerprint density at radius 3 is 3.23 bits per heavy atom. The summed E-state index contributed by atoms with van der Waals surface area (Å²) in [5.74, 6) is 0. The zero-order chi connectivity index (χ0) is 9.10. The smallest absolute Gasteiger partial charge is 0.161 e. The van der Waals surface area contributed by atoms with E-state index < -0.39 is 0 Å². The number of thioether (sulfide) groups is 1. The van der Waals surface area contributed by atoms with Crippen LogP contribution in [0.3, 0.4) is 0 Å². The van der Waals surface area contributed by atoms with Crippen LogP contribution in [0.1, 0.15) is 6.92 Å². The van der Waals surface area contributed by atoms with Gasteiger partial charge in [-0.2, -0.15) is 0 Å². The van der Waals surface area contributed by atoms with Crippen molar-refractivity contribution in [1.29, 1.82) is 0 Å². The van der Waals surface area contributed by atoms with E-state index in [2.05, 4.69) is 23.3 Å². The van der Waals surface area contributed by atoms with Gasteiger partial charge in [-0.3, -0.25) is 4.99 Å². The summed E-state index contributed by atoms with van der Waals surface area (Å²) < 4.78 is 0. The van der Waals surface area contributed by atoms with Crippen molar-refractivity contribution in [2.75, 3.05) is 11.9 Å². The second-order valence-corrected chi connectivity index (χ2v) is 4.42. The van der Waals surface area contributed by atoms with Gasteiger partial charge in [-0.05, 0) is 18.2 Å². The Hall–Kier alpha value is -0.960. The summed E-state index contributed by atoms with van der Waals surface area (Å²) in [6.07, 6.45) is 0. The van der Waals surface area contributed by atoms with Crippen LogP contribution in [-0.2, 0) is 0 Å². The van der Waals surface area contributed by atoms with Crippen LogP contribution in [0.25, 0.3) is 0 Å². The van der Waals surface area contributed by atoms with Crippen molar-refractivity contribution in [3.8, 4) is 0 Å². The zero-order valence-electron chi connectivity index (χ0n) is 7.45. The van der Waals surface area contributed by atoms with Crippen molar-refractivity contribution in [2.24, 2.45) is 4.99 Å². The fourth-order valence-corrected chi connectivity index (χ4v) is 2.00. The number of benzene rings is 1. The summed E-state index contributed by atoms with van der Waals surface area (Å²) in [4.78, 5) is 4.37. The molecule has 1 aromatic carbocycles. The number of nitrogens with one attached hydrogen (secondary N) is 1. The Morgan fingerprint density at radius 2 is 2.62 bits per heavy atom. The van der Waals surface area contributed by atoms with Gasteiger partial charge < -0.3 is 5.32 Å². The van der Waals surface area contributed by atoms with Gasteiger partial charge in [0.2, 0.25) is 0 Å². The van der Waals surface area contributed by atoms with Gasteiger partial charge in [-0.1, -0.05) is 30.8 Å². The third-order valence-electron chi connectivity index (χ3n) is 1.76. The molecule has 1 radical (unpaired) electrons. The quantitative estimate of drug-likeness (QED) is 0.737. The molecular formula is C10H11N2S. The van der Waals surface area contributed by atoms with Crippen molar-refractivity contribution >= 4 is 22.6 Å². The summed E-state index contributed by atoms with van der Waals surface area (Å²) in [5.41, 5.74) is 1.06. The van der Waals surface area contributed by atoms with Gasteiger partial charge in [0.05, 0.1) is 6.54 Å². The first-order valence-electron chi connectivity index (χ1n) is 4.29. The third-order valence-corrected chi connectivity index (χ3v) is 2.77. The van der Waals surface area contributed by atoms with E-state index in [0.717, 1.165) is 17.4 Å². The third kappa shape index (κ3) is 2.25. The Labute approximate surface area is 82.5 Å². The Balaban J connectivity index is 2.00. The molecule has 2 nitrogen and oxygen atoms in total. The number of hydrogen-bond donors (Lipinski definition) is 1. The SMILES string of the molecule is CC1CN=C(Nc2c[c]ccc2)S1. The second-order valence-electron chi connectivity index (χ2n) is 2.99. The number of rotatable bonds is 1. The molecule has 0 bridgehead atoms. The number of aliphatic imine (C=N–C) groups is 1. The standard InChI is InChI=1S/C10H11N2S/c1-8-7-11-10(13-8)12-9-5-3-2-4-6-9/h2-3,5-6,8H,7H2,1H3,(H,11,12). The van der Waals surface area contributed by atoms with E-state index in [-0.39, 0.29) is 0 Å². The summed E-state index contributed by atoms with van der Waals surface area (Å²) in [6.45, 7) is 3.10. The van der Waals surface area contributed by atoms with Crippen LogP contribution in [0.15, 0.2) is 29.3 Å². The lowest BCUT2D eigenvalue weighted by atomic mass is 10.3. The Kier molecular flexibility index (Phi) is 2.54. The molecular weight excluding hydrogens is 180 g/mol. The second kappa shape index (κ2) is 3.83. The minimum atomic E-state index is 0.607. The molecule has 1 aromatic rings. The van der Waals surface area contributed by atoms with Gasteiger partial charge in [0.25, 0.3) is 0 Å². The number of hydrogen-bond acceptors (Lipinski definition) is 3. The Bertz CT molecular complexity index is 308. The van der Waals surface area contributed by atoms with Crippen molar-refractivity contribution in [1.82, 2.24) is 0 Å². The molecule has 13 heavy (non-hydrogen) atoms. The van der Waals surface area contributed by atoms with E-state index in [4.69, 9.17) is 0 Å². The van der Waals surface area contributed by atoms with Crippen LogP contribution in [0, 0.1) is 6.07 Å². The summed E-state index contributed by atoms with van der Waals surface area (Å²) in [6, 6.07) is 10.8. The predicted octanol–water partition coefficient (Wildman–Crippen LogP) is 2.39. The highest BCUT2D eigenvalue weighted by molar-refractivity contribution is 8.15. The summed E-state index contributed by atoms with van der Waals surface area (Å²) >= 11 is 1.79. The van der Waals surface area contributed by atoms with Crippen LogP contribution in [-0.4, -0.2) is 17.0 Å². The average Bonchev–Trinajstić information content (AvgIpc) is 2.53. The molecule has 0 fully saturated rings. The molecule has 1 aliphatic heterocycles. The Morgan fingerprint density at radius 1 is 1.69 bits per heavy atom. The maximum atomic E-state index is 4.37. The van der Waals surface area contributed by atoms with E-state index in [0.29, 0.717) is 5.25 Å². The van der Waals surface area contributed by atoms with Crippen LogP contribution in [0.2, 0.25) is 0 Å². The van der Waals surface area contributed by atoms with E-state index in [1.807, 2.05) is 24.3 Å². The molecule has 0 aliphatic carbocycles. The first-order chi connectivity index (χ1) is 6.34. The molecule has 0 saturated heterocycles. The number of anilines is 1. The predicted molar refractivity (Wildman–Crippen MR) is 58.3 cm³/mol. The fourth-order valence-electron chi connectivity index (χ4n) is 1.14. The highest BCUT2D eigenvalue weighted by Gasteiger charge is 2.14. The largest absolute Gasteiger partial charge is 0.335 e. The van der Waals surface area contributed by atoms with Crippen LogP contribution < -0.4 is 5.32 Å². The van der Waals surface area contributed by atoms with E-state index in [9.17, 15) is 0 Å². The van der Waals surface area contributed by atoms with E-state index in [1.54, 1.807) is 11.8 Å². The maximum absolute atomic E-state index is 4.37.